The molecular formula is C21H18N2O5. The maximum absolute atomic E-state index is 12.4. The van der Waals surface area contributed by atoms with Gasteiger partial charge in [-0.2, -0.15) is 0 Å². The first-order valence-corrected chi connectivity index (χ1v) is 8.83. The Balaban J connectivity index is 1.53. The van der Waals surface area contributed by atoms with Gasteiger partial charge in [-0.05, 0) is 36.8 Å². The molecule has 0 fully saturated rings. The molecule has 7 heteroatoms. The molecule has 0 N–H and O–H groups in total. The van der Waals surface area contributed by atoms with E-state index in [0.29, 0.717) is 5.58 Å². The molecule has 0 radical (unpaired) electrons. The summed E-state index contributed by atoms with van der Waals surface area (Å²) in [6.07, 6.45) is 0.0315. The summed E-state index contributed by atoms with van der Waals surface area (Å²) in [6, 6.07) is 13.7. The quantitative estimate of drug-likeness (QED) is 0.310. The molecule has 0 bridgehead atoms. The molecular weight excluding hydrogens is 360 g/mol. The van der Waals surface area contributed by atoms with Crippen molar-refractivity contribution in [1.29, 1.82) is 0 Å². The van der Waals surface area contributed by atoms with Crippen LogP contribution in [0.2, 0.25) is 0 Å². The third-order valence-corrected chi connectivity index (χ3v) is 4.75. The molecule has 0 saturated heterocycles. The van der Waals surface area contributed by atoms with Gasteiger partial charge >= 0.3 is 17.3 Å². The molecule has 142 valence electrons. The third-order valence-electron chi connectivity index (χ3n) is 4.75. The Hall–Kier alpha value is -3.61. The SMILES string of the molecule is Cc1cc(=O)oc2cc(OC(=O)CCn3c(=O)n(C)c4ccccc43)ccc12. The molecule has 0 aliphatic carbocycles. The summed E-state index contributed by atoms with van der Waals surface area (Å²) >= 11 is 0. The lowest BCUT2D eigenvalue weighted by Gasteiger charge is -2.07. The number of para-hydroxylation sites is 2. The first kappa shape index (κ1) is 17.8. The van der Waals surface area contributed by atoms with Gasteiger partial charge in [0.25, 0.3) is 0 Å². The molecule has 0 aliphatic rings. The number of fused-ring (bicyclic) bond motifs is 2. The van der Waals surface area contributed by atoms with Crippen LogP contribution in [-0.4, -0.2) is 15.1 Å². The minimum Gasteiger partial charge on any atom is -0.426 e. The van der Waals surface area contributed by atoms with Crippen LogP contribution in [0, 0.1) is 6.92 Å². The number of imidazole rings is 1. The van der Waals surface area contributed by atoms with Gasteiger partial charge in [0.1, 0.15) is 11.3 Å². The molecule has 0 aliphatic heterocycles. The summed E-state index contributed by atoms with van der Waals surface area (Å²) in [5.41, 5.74) is 2.09. The molecule has 0 spiro atoms. The van der Waals surface area contributed by atoms with E-state index in [9.17, 15) is 14.4 Å². The number of carbonyl (C=O) groups excluding carboxylic acids is 1. The van der Waals surface area contributed by atoms with Crippen LogP contribution in [0.5, 0.6) is 5.75 Å². The molecule has 2 heterocycles. The highest BCUT2D eigenvalue weighted by Gasteiger charge is 2.13. The number of hydrogen-bond donors (Lipinski definition) is 0. The second kappa shape index (κ2) is 6.84. The van der Waals surface area contributed by atoms with Crippen molar-refractivity contribution < 1.29 is 13.9 Å². The van der Waals surface area contributed by atoms with Gasteiger partial charge in [-0.15, -0.1) is 0 Å². The topological polar surface area (TPSA) is 83.4 Å². The zero-order valence-corrected chi connectivity index (χ0v) is 15.5. The van der Waals surface area contributed by atoms with Gasteiger partial charge < -0.3 is 9.15 Å². The summed E-state index contributed by atoms with van der Waals surface area (Å²) < 4.78 is 13.6. The zero-order chi connectivity index (χ0) is 19.8. The Morgan fingerprint density at radius 1 is 1.07 bits per heavy atom. The van der Waals surface area contributed by atoms with Crippen molar-refractivity contribution >= 4 is 28.0 Å². The van der Waals surface area contributed by atoms with Gasteiger partial charge in [-0.3, -0.25) is 13.9 Å². The van der Waals surface area contributed by atoms with Gasteiger partial charge in [0.2, 0.25) is 0 Å². The second-order valence-corrected chi connectivity index (χ2v) is 6.61. The zero-order valence-electron chi connectivity index (χ0n) is 15.5. The van der Waals surface area contributed by atoms with E-state index in [-0.39, 0.29) is 24.4 Å². The predicted molar refractivity (Wildman–Crippen MR) is 105 cm³/mol. The highest BCUT2D eigenvalue weighted by molar-refractivity contribution is 5.82. The van der Waals surface area contributed by atoms with E-state index in [1.807, 2.05) is 31.2 Å². The fourth-order valence-electron chi connectivity index (χ4n) is 3.33. The van der Waals surface area contributed by atoms with Crippen molar-refractivity contribution in [1.82, 2.24) is 9.13 Å². The van der Waals surface area contributed by atoms with E-state index in [0.717, 1.165) is 22.0 Å². The molecule has 4 rings (SSSR count). The standard InChI is InChI=1S/C21H18N2O5/c1-13-11-20(25)28-18-12-14(7-8-15(13)18)27-19(24)9-10-23-17-6-4-3-5-16(17)22(2)21(23)26/h3-8,11-12H,9-10H2,1-2H3. The largest absolute Gasteiger partial charge is 0.426 e. The number of nitrogens with zero attached hydrogens (tertiary/aromatic N) is 2. The molecule has 0 saturated carbocycles. The molecule has 7 nitrogen and oxygen atoms in total. The summed E-state index contributed by atoms with van der Waals surface area (Å²) in [5, 5.41) is 0.779. The first-order chi connectivity index (χ1) is 13.4. The molecule has 2 aromatic heterocycles. The van der Waals surface area contributed by atoms with Gasteiger partial charge in [-0.25, -0.2) is 9.59 Å². The molecule has 28 heavy (non-hydrogen) atoms. The Bertz CT molecular complexity index is 1330. The summed E-state index contributed by atoms with van der Waals surface area (Å²) in [4.78, 5) is 36.2. The fourth-order valence-corrected chi connectivity index (χ4v) is 3.33. The number of hydrogen-bond acceptors (Lipinski definition) is 5. The van der Waals surface area contributed by atoms with Crippen LogP contribution < -0.4 is 16.1 Å². The number of benzene rings is 2. The third kappa shape index (κ3) is 3.11. The lowest BCUT2D eigenvalue weighted by Crippen LogP contribution is -2.24. The van der Waals surface area contributed by atoms with E-state index in [1.54, 1.807) is 28.3 Å². The number of aryl methyl sites for hydroxylation is 3. The van der Waals surface area contributed by atoms with Crippen LogP contribution in [0.1, 0.15) is 12.0 Å². The number of rotatable bonds is 4. The van der Waals surface area contributed by atoms with Crippen molar-refractivity contribution in [3.05, 3.63) is 75.0 Å². The van der Waals surface area contributed by atoms with Crippen molar-refractivity contribution in [2.45, 2.75) is 19.9 Å². The monoisotopic (exact) mass is 378 g/mol. The molecule has 0 unspecified atom stereocenters. The van der Waals surface area contributed by atoms with E-state index in [1.165, 1.54) is 12.1 Å². The average molecular weight is 378 g/mol. The Morgan fingerprint density at radius 2 is 1.82 bits per heavy atom. The van der Waals surface area contributed by atoms with Crippen LogP contribution in [-0.2, 0) is 18.4 Å². The van der Waals surface area contributed by atoms with E-state index in [2.05, 4.69) is 0 Å². The normalized spacial score (nSPS) is 11.2. The Kier molecular flexibility index (Phi) is 4.35. The summed E-state index contributed by atoms with van der Waals surface area (Å²) in [6.45, 7) is 2.02. The number of aromatic nitrogens is 2. The van der Waals surface area contributed by atoms with Crippen molar-refractivity contribution in [2.75, 3.05) is 0 Å². The summed E-state index contributed by atoms with van der Waals surface area (Å²) in [5.74, 6) is -0.189. The predicted octanol–water partition coefficient (Wildman–Crippen LogP) is 2.75. The lowest BCUT2D eigenvalue weighted by molar-refractivity contribution is -0.134. The van der Waals surface area contributed by atoms with Gasteiger partial charge in [0.15, 0.2) is 0 Å². The second-order valence-electron chi connectivity index (χ2n) is 6.61. The highest BCUT2D eigenvalue weighted by Crippen LogP contribution is 2.22. The fraction of sp³-hybridized carbons (Fsp3) is 0.190. The molecule has 0 amide bonds. The number of esters is 1. The molecule has 4 aromatic rings. The van der Waals surface area contributed by atoms with Gasteiger partial charge in [0, 0.05) is 31.1 Å². The number of ether oxygens (including phenoxy) is 1. The van der Waals surface area contributed by atoms with E-state index < -0.39 is 11.6 Å². The Labute approximate surface area is 159 Å². The van der Waals surface area contributed by atoms with Crippen LogP contribution in [0.15, 0.2) is 62.5 Å². The van der Waals surface area contributed by atoms with Crippen LogP contribution >= 0.6 is 0 Å². The highest BCUT2D eigenvalue weighted by atomic mass is 16.5. The summed E-state index contributed by atoms with van der Waals surface area (Å²) in [7, 11) is 1.70. The lowest BCUT2D eigenvalue weighted by atomic mass is 10.1. The van der Waals surface area contributed by atoms with E-state index >= 15 is 0 Å². The van der Waals surface area contributed by atoms with Gasteiger partial charge in [0.05, 0.1) is 17.5 Å². The smallest absolute Gasteiger partial charge is 0.336 e. The molecule has 2 aromatic carbocycles. The van der Waals surface area contributed by atoms with Crippen molar-refractivity contribution in [3.8, 4) is 5.75 Å². The van der Waals surface area contributed by atoms with Gasteiger partial charge in [-0.1, -0.05) is 12.1 Å². The number of carbonyl (C=O) groups is 1. The molecule has 0 atom stereocenters. The van der Waals surface area contributed by atoms with Crippen LogP contribution in [0.4, 0.5) is 0 Å². The van der Waals surface area contributed by atoms with Crippen molar-refractivity contribution in [3.63, 3.8) is 0 Å². The maximum Gasteiger partial charge on any atom is 0.336 e. The van der Waals surface area contributed by atoms with Crippen LogP contribution in [0.25, 0.3) is 22.0 Å². The first-order valence-electron chi connectivity index (χ1n) is 8.83. The minimum atomic E-state index is -0.478. The maximum atomic E-state index is 12.4. The van der Waals surface area contributed by atoms with E-state index in [4.69, 9.17) is 9.15 Å². The average Bonchev–Trinajstić information content (AvgIpc) is 2.90. The van der Waals surface area contributed by atoms with Crippen molar-refractivity contribution in [2.24, 2.45) is 7.05 Å². The van der Waals surface area contributed by atoms with Crippen LogP contribution in [0.3, 0.4) is 0 Å². The Morgan fingerprint density at radius 3 is 2.61 bits per heavy atom. The minimum absolute atomic E-state index is 0.0315.